The standard InChI is InChI=1S/C14H10O3.CH3NO2.Ag/c15-14(16)10-5-3-7-13-11(10)8-9-4-1-2-6-12(9)17-13;2-1(3)4;/h1-7H,8H2,(H,15,16);2H2,(H,3,4);/q;;+2/p-2. The second kappa shape index (κ2) is 7.65. The van der Waals surface area contributed by atoms with Crippen LogP contribution in [-0.2, 0) is 28.8 Å². The van der Waals surface area contributed by atoms with Crippen LogP contribution in [0.25, 0.3) is 0 Å². The summed E-state index contributed by atoms with van der Waals surface area (Å²) in [5.41, 5.74) is 5.80. The van der Waals surface area contributed by atoms with Crippen molar-refractivity contribution in [2.45, 2.75) is 6.42 Å². The first-order valence-electron chi connectivity index (χ1n) is 6.04. The first kappa shape index (κ1) is 17.8. The first-order valence-corrected chi connectivity index (χ1v) is 6.04. The van der Waals surface area contributed by atoms with Crippen LogP contribution in [0.2, 0.25) is 0 Å². The molecule has 1 heterocycles. The molecule has 0 fully saturated rings. The van der Waals surface area contributed by atoms with Crippen LogP contribution in [0.1, 0.15) is 21.5 Å². The molecule has 1 aliphatic rings. The van der Waals surface area contributed by atoms with Crippen LogP contribution >= 0.6 is 0 Å². The summed E-state index contributed by atoms with van der Waals surface area (Å²) in [4.78, 5) is 19.7. The van der Waals surface area contributed by atoms with E-state index in [-0.39, 0.29) is 27.9 Å². The van der Waals surface area contributed by atoms with Crippen molar-refractivity contribution < 1.29 is 46.9 Å². The number of amides is 1. The van der Waals surface area contributed by atoms with Crippen molar-refractivity contribution in [3.63, 3.8) is 0 Å². The Kier molecular flexibility index (Phi) is 6.18. The molecule has 3 rings (SSSR count). The van der Waals surface area contributed by atoms with E-state index in [1.54, 1.807) is 18.2 Å². The summed E-state index contributed by atoms with van der Waals surface area (Å²) in [6.45, 7) is 0. The number of carboxylic acid groups (broad SMARTS) is 2. The van der Waals surface area contributed by atoms with Gasteiger partial charge in [-0.3, -0.25) is 0 Å². The SMILES string of the molecule is NC(=O)[O-].O=C([O-])c1cccc2c1Cc1ccccc1O2.[Ag+2]. The van der Waals surface area contributed by atoms with Crippen molar-refractivity contribution >= 4 is 12.1 Å². The Morgan fingerprint density at radius 1 is 1.00 bits per heavy atom. The molecule has 0 aromatic heterocycles. The third kappa shape index (κ3) is 4.11. The van der Waals surface area contributed by atoms with Gasteiger partial charge in [0.25, 0.3) is 0 Å². The van der Waals surface area contributed by atoms with Gasteiger partial charge in [-0.2, -0.15) is 0 Å². The van der Waals surface area contributed by atoms with Crippen LogP contribution in [-0.4, -0.2) is 12.1 Å². The molecule has 0 saturated carbocycles. The van der Waals surface area contributed by atoms with Crippen molar-refractivity contribution in [1.82, 2.24) is 0 Å². The minimum Gasteiger partial charge on any atom is -0.545 e. The zero-order valence-electron chi connectivity index (χ0n) is 11.2. The molecular weight excluding hydrogens is 382 g/mol. The molecule has 0 bridgehead atoms. The number of benzene rings is 2. The molecule has 2 aromatic rings. The van der Waals surface area contributed by atoms with Gasteiger partial charge in [0.1, 0.15) is 17.6 Å². The smallest absolute Gasteiger partial charge is 0.545 e. The number of carbonyl (C=O) groups is 2. The summed E-state index contributed by atoms with van der Waals surface area (Å²) in [5, 5.41) is 19.7. The van der Waals surface area contributed by atoms with Crippen molar-refractivity contribution in [3.8, 4) is 11.5 Å². The molecule has 0 saturated heterocycles. The number of rotatable bonds is 1. The maximum absolute atomic E-state index is 11.0. The number of aromatic carboxylic acids is 1. The van der Waals surface area contributed by atoms with E-state index in [1.165, 1.54) is 0 Å². The van der Waals surface area contributed by atoms with E-state index in [4.69, 9.17) is 14.6 Å². The molecule has 22 heavy (non-hydrogen) atoms. The van der Waals surface area contributed by atoms with Gasteiger partial charge < -0.3 is 30.3 Å². The maximum atomic E-state index is 11.0. The van der Waals surface area contributed by atoms with Gasteiger partial charge in [-0.1, -0.05) is 30.3 Å². The second-order valence-corrected chi connectivity index (χ2v) is 4.28. The molecular formula is C15H11AgNO5. The Bertz CT molecular complexity index is 698. The van der Waals surface area contributed by atoms with Crippen LogP contribution < -0.4 is 20.7 Å². The number of hydrogen-bond acceptors (Lipinski definition) is 5. The van der Waals surface area contributed by atoms with E-state index in [0.717, 1.165) is 11.3 Å². The summed E-state index contributed by atoms with van der Waals surface area (Å²) >= 11 is 0. The van der Waals surface area contributed by atoms with E-state index >= 15 is 0 Å². The average molecular weight is 393 g/mol. The number of carboxylic acids is 1. The second-order valence-electron chi connectivity index (χ2n) is 4.28. The van der Waals surface area contributed by atoms with Gasteiger partial charge in [0.05, 0.1) is 5.97 Å². The van der Waals surface area contributed by atoms with Crippen molar-refractivity contribution in [2.75, 3.05) is 0 Å². The fourth-order valence-electron chi connectivity index (χ4n) is 2.09. The van der Waals surface area contributed by atoms with Gasteiger partial charge in [-0.05, 0) is 17.7 Å². The first-order chi connectivity index (χ1) is 9.99. The van der Waals surface area contributed by atoms with Gasteiger partial charge in [0.2, 0.25) is 0 Å². The van der Waals surface area contributed by atoms with Crippen LogP contribution in [0.5, 0.6) is 11.5 Å². The number of ether oxygens (including phenoxy) is 1. The van der Waals surface area contributed by atoms with Gasteiger partial charge in [0, 0.05) is 17.5 Å². The number of hydrogen-bond donors (Lipinski definition) is 1. The van der Waals surface area contributed by atoms with Crippen molar-refractivity contribution in [3.05, 3.63) is 59.2 Å². The van der Waals surface area contributed by atoms with Crippen LogP contribution in [0.4, 0.5) is 4.79 Å². The Morgan fingerprint density at radius 3 is 2.23 bits per heavy atom. The number of nitrogens with two attached hydrogens (primary N) is 1. The molecule has 117 valence electrons. The molecule has 6 nitrogen and oxygen atoms in total. The summed E-state index contributed by atoms with van der Waals surface area (Å²) < 4.78 is 5.68. The number of fused-ring (bicyclic) bond motifs is 2. The molecule has 0 atom stereocenters. The molecule has 1 amide bonds. The number of primary amides is 1. The number of carbonyl (C=O) groups excluding carboxylic acids is 2. The Balaban J connectivity index is 0.000000436. The van der Waals surface area contributed by atoms with Gasteiger partial charge in [0.15, 0.2) is 0 Å². The largest absolute Gasteiger partial charge is 2.00 e. The van der Waals surface area contributed by atoms with Gasteiger partial charge in [-0.15, -0.1) is 0 Å². The monoisotopic (exact) mass is 392 g/mol. The summed E-state index contributed by atoms with van der Waals surface area (Å²) in [6.07, 6.45) is -1.02. The van der Waals surface area contributed by atoms with E-state index in [2.05, 4.69) is 5.73 Å². The fourth-order valence-corrected chi connectivity index (χ4v) is 2.09. The molecule has 1 radical (unpaired) electrons. The zero-order chi connectivity index (χ0) is 15.4. The minimum atomic E-state index is -1.58. The quantitative estimate of drug-likeness (QED) is 0.586. The predicted molar refractivity (Wildman–Crippen MR) is 69.7 cm³/mol. The normalized spacial score (nSPS) is 10.5. The van der Waals surface area contributed by atoms with Crippen LogP contribution in [0.3, 0.4) is 0 Å². The van der Waals surface area contributed by atoms with Crippen LogP contribution in [0.15, 0.2) is 42.5 Å². The summed E-state index contributed by atoms with van der Waals surface area (Å²) in [5.74, 6) is 0.228. The molecule has 0 aliphatic carbocycles. The van der Waals surface area contributed by atoms with Crippen molar-refractivity contribution in [2.24, 2.45) is 5.73 Å². The van der Waals surface area contributed by atoms with Crippen molar-refractivity contribution in [1.29, 1.82) is 0 Å². The Morgan fingerprint density at radius 2 is 1.59 bits per heavy atom. The third-order valence-corrected chi connectivity index (χ3v) is 2.91. The van der Waals surface area contributed by atoms with E-state index < -0.39 is 12.1 Å². The Hall–Kier alpha value is -2.28. The molecule has 2 N–H and O–H groups in total. The third-order valence-electron chi connectivity index (χ3n) is 2.91. The van der Waals surface area contributed by atoms with E-state index in [0.29, 0.717) is 17.7 Å². The topological polar surface area (TPSA) is 116 Å². The zero-order valence-corrected chi connectivity index (χ0v) is 12.7. The molecule has 2 aromatic carbocycles. The molecule has 0 unspecified atom stereocenters. The summed E-state index contributed by atoms with van der Waals surface area (Å²) in [7, 11) is 0. The van der Waals surface area contributed by atoms with E-state index in [1.807, 2.05) is 24.3 Å². The van der Waals surface area contributed by atoms with Gasteiger partial charge >= 0.3 is 22.4 Å². The Labute approximate surface area is 142 Å². The molecule has 1 aliphatic heterocycles. The predicted octanol–water partition coefficient (Wildman–Crippen LogP) is 0.0325. The average Bonchev–Trinajstić information content (AvgIpc) is 2.43. The summed E-state index contributed by atoms with van der Waals surface area (Å²) in [6, 6.07) is 12.6. The van der Waals surface area contributed by atoms with Gasteiger partial charge in [-0.25, -0.2) is 0 Å². The molecule has 7 heteroatoms. The number of para-hydroxylation sites is 1. The minimum absolute atomic E-state index is 0. The molecule has 0 spiro atoms. The fraction of sp³-hybridized carbons (Fsp3) is 0.0667. The van der Waals surface area contributed by atoms with E-state index in [9.17, 15) is 9.90 Å². The maximum Gasteiger partial charge on any atom is 2.00 e. The van der Waals surface area contributed by atoms with Crippen LogP contribution in [0, 0.1) is 0 Å².